The summed E-state index contributed by atoms with van der Waals surface area (Å²) in [5, 5.41) is 12.8. The number of aromatic nitrogens is 1. The van der Waals surface area contributed by atoms with Crippen molar-refractivity contribution in [2.75, 3.05) is 13.7 Å². The first-order valence-electron chi connectivity index (χ1n) is 7.29. The molecule has 0 aliphatic heterocycles. The second-order valence-corrected chi connectivity index (χ2v) is 5.17. The fourth-order valence-corrected chi connectivity index (χ4v) is 2.27. The van der Waals surface area contributed by atoms with Gasteiger partial charge in [-0.05, 0) is 42.8 Å². The van der Waals surface area contributed by atoms with Gasteiger partial charge >= 0.3 is 5.97 Å². The van der Waals surface area contributed by atoms with E-state index < -0.39 is 12.1 Å². The van der Waals surface area contributed by atoms with E-state index in [1.807, 2.05) is 29.9 Å². The first kappa shape index (κ1) is 16.8. The van der Waals surface area contributed by atoms with Crippen molar-refractivity contribution in [2.24, 2.45) is 7.05 Å². The average molecular weight is 316 g/mol. The molecule has 2 rings (SSSR count). The van der Waals surface area contributed by atoms with Gasteiger partial charge in [-0.3, -0.25) is 4.79 Å². The van der Waals surface area contributed by atoms with E-state index in [9.17, 15) is 14.7 Å². The van der Waals surface area contributed by atoms with Crippen LogP contribution < -0.4 is 5.32 Å². The van der Waals surface area contributed by atoms with Gasteiger partial charge in [-0.1, -0.05) is 0 Å². The highest BCUT2D eigenvalue weighted by molar-refractivity contribution is 5.96. The van der Waals surface area contributed by atoms with Crippen LogP contribution in [0.4, 0.5) is 0 Å². The molecule has 122 valence electrons. The highest BCUT2D eigenvalue weighted by Crippen LogP contribution is 2.15. The largest absolute Gasteiger partial charge is 0.465 e. The van der Waals surface area contributed by atoms with Crippen LogP contribution in [0.25, 0.3) is 0 Å². The van der Waals surface area contributed by atoms with Crippen LogP contribution in [0.2, 0.25) is 0 Å². The molecule has 0 saturated carbocycles. The molecule has 0 spiro atoms. The van der Waals surface area contributed by atoms with Crippen molar-refractivity contribution in [3.05, 3.63) is 59.4 Å². The Morgan fingerprint density at radius 3 is 2.43 bits per heavy atom. The molecule has 1 atom stereocenters. The Kier molecular flexibility index (Phi) is 5.54. The summed E-state index contributed by atoms with van der Waals surface area (Å²) in [6, 6.07) is 9.92. The predicted molar refractivity (Wildman–Crippen MR) is 85.1 cm³/mol. The molecule has 1 unspecified atom stereocenters. The van der Waals surface area contributed by atoms with E-state index in [0.717, 1.165) is 5.69 Å². The zero-order valence-corrected chi connectivity index (χ0v) is 13.2. The van der Waals surface area contributed by atoms with Gasteiger partial charge in [0.2, 0.25) is 0 Å². The normalized spacial score (nSPS) is 11.8. The Morgan fingerprint density at radius 2 is 1.87 bits per heavy atom. The van der Waals surface area contributed by atoms with Gasteiger partial charge in [0.15, 0.2) is 0 Å². The van der Waals surface area contributed by atoms with Crippen LogP contribution in [0.5, 0.6) is 0 Å². The van der Waals surface area contributed by atoms with Crippen molar-refractivity contribution in [1.29, 1.82) is 0 Å². The summed E-state index contributed by atoms with van der Waals surface area (Å²) in [6.07, 6.45) is 1.65. The minimum atomic E-state index is -0.628. The molecule has 0 radical (unpaired) electrons. The number of amides is 1. The van der Waals surface area contributed by atoms with Crippen LogP contribution in [-0.2, 0) is 11.8 Å². The number of aryl methyl sites for hydroxylation is 1. The first-order valence-corrected chi connectivity index (χ1v) is 7.29. The number of carbonyl (C=O) groups excluding carboxylic acids is 2. The molecular formula is C17H20N2O4. The number of nitrogens with one attached hydrogen (secondary N) is 1. The number of rotatable bonds is 6. The number of ether oxygens (including phenoxy) is 1. The van der Waals surface area contributed by atoms with Gasteiger partial charge in [-0.25, -0.2) is 4.79 Å². The van der Waals surface area contributed by atoms with Gasteiger partial charge in [0.1, 0.15) is 0 Å². The van der Waals surface area contributed by atoms with Gasteiger partial charge in [0.25, 0.3) is 5.91 Å². The quantitative estimate of drug-likeness (QED) is 0.794. The Labute approximate surface area is 134 Å². The maximum absolute atomic E-state index is 12.0. The van der Waals surface area contributed by atoms with Crippen molar-refractivity contribution in [3.63, 3.8) is 0 Å². The Morgan fingerprint density at radius 1 is 1.22 bits per heavy atom. The highest BCUT2D eigenvalue weighted by Gasteiger charge is 2.12. The first-order chi connectivity index (χ1) is 11.0. The number of carbonyl (C=O) groups is 2. The molecule has 6 nitrogen and oxygen atoms in total. The highest BCUT2D eigenvalue weighted by atomic mass is 16.5. The van der Waals surface area contributed by atoms with Gasteiger partial charge in [-0.15, -0.1) is 0 Å². The number of aliphatic hydroxyl groups excluding tert-OH is 1. The standard InChI is InChI=1S/C17H20N2O4/c1-19-11-3-4-14(19)15(20)9-10-18-16(21)12-5-7-13(8-6-12)17(22)23-2/h3-8,11,15,20H,9-10H2,1-2H3,(H,18,21). The number of methoxy groups -OCH3 is 1. The Bertz CT molecular complexity index is 676. The van der Waals surface area contributed by atoms with E-state index in [0.29, 0.717) is 24.1 Å². The summed E-state index contributed by atoms with van der Waals surface area (Å²) < 4.78 is 6.45. The molecule has 0 bridgehead atoms. The summed E-state index contributed by atoms with van der Waals surface area (Å²) in [4.78, 5) is 23.3. The lowest BCUT2D eigenvalue weighted by molar-refractivity contribution is 0.0600. The van der Waals surface area contributed by atoms with Gasteiger partial charge in [-0.2, -0.15) is 0 Å². The van der Waals surface area contributed by atoms with E-state index >= 15 is 0 Å². The van der Waals surface area contributed by atoms with Crippen LogP contribution >= 0.6 is 0 Å². The van der Waals surface area contributed by atoms with Crippen molar-refractivity contribution >= 4 is 11.9 Å². The number of esters is 1. The van der Waals surface area contributed by atoms with E-state index in [2.05, 4.69) is 10.1 Å². The van der Waals surface area contributed by atoms with Gasteiger partial charge in [0, 0.05) is 31.0 Å². The molecule has 0 fully saturated rings. The smallest absolute Gasteiger partial charge is 0.337 e. The third-order valence-electron chi connectivity index (χ3n) is 3.60. The number of hydrogen-bond acceptors (Lipinski definition) is 4. The van der Waals surface area contributed by atoms with Crippen LogP contribution in [-0.4, -0.2) is 35.2 Å². The molecule has 1 aromatic heterocycles. The maximum Gasteiger partial charge on any atom is 0.337 e. The van der Waals surface area contributed by atoms with Crippen molar-refractivity contribution in [2.45, 2.75) is 12.5 Å². The predicted octanol–water partition coefficient (Wildman–Crippen LogP) is 1.67. The zero-order valence-electron chi connectivity index (χ0n) is 13.2. The van der Waals surface area contributed by atoms with Gasteiger partial charge in [0.05, 0.1) is 18.8 Å². The fraction of sp³-hybridized carbons (Fsp3) is 0.294. The maximum atomic E-state index is 12.0. The molecule has 0 aliphatic carbocycles. The molecule has 1 amide bonds. The number of benzene rings is 1. The second kappa shape index (κ2) is 7.60. The summed E-state index contributed by atoms with van der Waals surface area (Å²) >= 11 is 0. The zero-order chi connectivity index (χ0) is 16.8. The van der Waals surface area contributed by atoms with E-state index in [1.165, 1.54) is 7.11 Å². The summed E-state index contributed by atoms with van der Waals surface area (Å²) in [5.41, 5.74) is 1.65. The number of aliphatic hydroxyl groups is 1. The van der Waals surface area contributed by atoms with Crippen LogP contribution in [0, 0.1) is 0 Å². The minimum absolute atomic E-state index is 0.250. The lowest BCUT2D eigenvalue weighted by atomic mass is 10.1. The Hall–Kier alpha value is -2.60. The second-order valence-electron chi connectivity index (χ2n) is 5.17. The van der Waals surface area contributed by atoms with E-state index in [1.54, 1.807) is 24.3 Å². The summed E-state index contributed by atoms with van der Waals surface area (Å²) in [6.45, 7) is 0.351. The van der Waals surface area contributed by atoms with Crippen molar-refractivity contribution in [1.82, 2.24) is 9.88 Å². The monoisotopic (exact) mass is 316 g/mol. The average Bonchev–Trinajstić information content (AvgIpc) is 3.00. The van der Waals surface area contributed by atoms with E-state index in [4.69, 9.17) is 0 Å². The molecule has 6 heteroatoms. The number of nitrogens with zero attached hydrogens (tertiary/aromatic N) is 1. The molecule has 23 heavy (non-hydrogen) atoms. The lowest BCUT2D eigenvalue weighted by Crippen LogP contribution is -2.26. The fourth-order valence-electron chi connectivity index (χ4n) is 2.27. The Balaban J connectivity index is 1.85. The lowest BCUT2D eigenvalue weighted by Gasteiger charge is -2.12. The molecule has 1 aromatic carbocycles. The third kappa shape index (κ3) is 4.20. The molecular weight excluding hydrogens is 296 g/mol. The minimum Gasteiger partial charge on any atom is -0.465 e. The molecule has 0 saturated heterocycles. The van der Waals surface area contributed by atoms with Crippen LogP contribution in [0.3, 0.4) is 0 Å². The van der Waals surface area contributed by atoms with Crippen molar-refractivity contribution < 1.29 is 19.4 Å². The van der Waals surface area contributed by atoms with Crippen molar-refractivity contribution in [3.8, 4) is 0 Å². The van der Waals surface area contributed by atoms with Gasteiger partial charge < -0.3 is 19.7 Å². The number of hydrogen-bond donors (Lipinski definition) is 2. The topological polar surface area (TPSA) is 80.6 Å². The molecule has 2 aromatic rings. The van der Waals surface area contributed by atoms with Crippen LogP contribution in [0.1, 0.15) is 38.9 Å². The molecule has 1 heterocycles. The molecule has 0 aliphatic rings. The molecule has 2 N–H and O–H groups in total. The summed E-state index contributed by atoms with van der Waals surface area (Å²) in [7, 11) is 3.17. The SMILES string of the molecule is COC(=O)c1ccc(C(=O)NCCC(O)c2cccn2C)cc1. The third-order valence-corrected chi connectivity index (χ3v) is 3.60. The van der Waals surface area contributed by atoms with Crippen LogP contribution in [0.15, 0.2) is 42.6 Å². The summed E-state index contributed by atoms with van der Waals surface area (Å²) in [5.74, 6) is -0.692. The van der Waals surface area contributed by atoms with E-state index in [-0.39, 0.29) is 5.91 Å².